The summed E-state index contributed by atoms with van der Waals surface area (Å²) >= 11 is 1.24. The van der Waals surface area contributed by atoms with Gasteiger partial charge in [-0.05, 0) is 37.3 Å². The second-order valence-corrected chi connectivity index (χ2v) is 7.46. The van der Waals surface area contributed by atoms with E-state index >= 15 is 0 Å². The van der Waals surface area contributed by atoms with Crippen molar-refractivity contribution in [1.29, 1.82) is 0 Å². The molecule has 1 N–H and O–H groups in total. The quantitative estimate of drug-likeness (QED) is 0.404. The maximum atomic E-state index is 13.5. The molecule has 28 heavy (non-hydrogen) atoms. The number of methoxy groups -OCH3 is 1. The molecule has 0 bridgehead atoms. The number of halogens is 1. The van der Waals surface area contributed by atoms with E-state index in [-0.39, 0.29) is 11.8 Å². The number of benzene rings is 2. The van der Waals surface area contributed by atoms with Crippen molar-refractivity contribution in [3.63, 3.8) is 0 Å². The van der Waals surface area contributed by atoms with Crippen LogP contribution in [0, 0.1) is 5.82 Å². The zero-order chi connectivity index (χ0) is 19.7. The molecule has 0 saturated heterocycles. The van der Waals surface area contributed by atoms with E-state index in [9.17, 15) is 9.18 Å². The molecule has 2 aromatic heterocycles. The van der Waals surface area contributed by atoms with Crippen LogP contribution in [0.4, 0.5) is 4.39 Å². The van der Waals surface area contributed by atoms with Crippen LogP contribution in [0.1, 0.15) is 6.92 Å². The molecule has 4 rings (SSSR count). The molecule has 0 radical (unpaired) electrons. The molecular weight excluding hydrogens is 379 g/mol. The summed E-state index contributed by atoms with van der Waals surface area (Å²) in [6.07, 6.45) is 1.87. The van der Waals surface area contributed by atoms with Crippen LogP contribution in [0.25, 0.3) is 28.0 Å². The molecular formula is C20H17FN4O2S. The number of H-pyrrole nitrogens is 1. The zero-order valence-corrected chi connectivity index (χ0v) is 16.0. The molecule has 1 atom stereocenters. The fourth-order valence-electron chi connectivity index (χ4n) is 2.97. The highest BCUT2D eigenvalue weighted by Crippen LogP contribution is 2.33. The maximum absolute atomic E-state index is 13.5. The summed E-state index contributed by atoms with van der Waals surface area (Å²) in [5.74, 6) is -0.0847. The minimum atomic E-state index is -0.468. The molecule has 2 aromatic carbocycles. The Morgan fingerprint density at radius 3 is 2.68 bits per heavy atom. The van der Waals surface area contributed by atoms with Crippen LogP contribution in [0.3, 0.4) is 0 Å². The van der Waals surface area contributed by atoms with Crippen molar-refractivity contribution in [2.24, 2.45) is 0 Å². The largest absolute Gasteiger partial charge is 0.468 e. The molecule has 0 aliphatic heterocycles. The Labute approximate surface area is 164 Å². The van der Waals surface area contributed by atoms with E-state index < -0.39 is 5.25 Å². The van der Waals surface area contributed by atoms with Gasteiger partial charge in [-0.3, -0.25) is 9.36 Å². The number of nitrogens with one attached hydrogen (secondary N) is 1. The van der Waals surface area contributed by atoms with Crippen LogP contribution in [-0.4, -0.2) is 38.1 Å². The number of hydrogen-bond acceptors (Lipinski definition) is 5. The van der Waals surface area contributed by atoms with Crippen molar-refractivity contribution < 1.29 is 13.9 Å². The summed E-state index contributed by atoms with van der Waals surface area (Å²) < 4.78 is 20.1. The third-order valence-corrected chi connectivity index (χ3v) is 5.38. The highest BCUT2D eigenvalue weighted by molar-refractivity contribution is 8.00. The molecule has 6 nitrogen and oxygen atoms in total. The number of fused-ring (bicyclic) bond motifs is 1. The Balaban J connectivity index is 1.87. The molecule has 1 unspecified atom stereocenters. The average Bonchev–Trinajstić information content (AvgIpc) is 3.32. The minimum absolute atomic E-state index is 0.331. The van der Waals surface area contributed by atoms with E-state index in [2.05, 4.69) is 15.2 Å². The summed E-state index contributed by atoms with van der Waals surface area (Å²) in [5.41, 5.74) is 2.54. The third-order valence-electron chi connectivity index (χ3n) is 4.36. The number of rotatable bonds is 5. The third kappa shape index (κ3) is 3.27. The monoisotopic (exact) mass is 396 g/mol. The Bertz CT molecular complexity index is 1140. The van der Waals surface area contributed by atoms with Crippen molar-refractivity contribution in [2.45, 2.75) is 17.3 Å². The molecule has 0 aliphatic carbocycles. The van der Waals surface area contributed by atoms with E-state index in [0.717, 1.165) is 16.5 Å². The second kappa shape index (κ2) is 7.47. The summed E-state index contributed by atoms with van der Waals surface area (Å²) in [6.45, 7) is 1.74. The highest BCUT2D eigenvalue weighted by Gasteiger charge is 2.23. The Morgan fingerprint density at radius 1 is 1.18 bits per heavy atom. The van der Waals surface area contributed by atoms with Crippen LogP contribution in [0.15, 0.2) is 59.9 Å². The van der Waals surface area contributed by atoms with Gasteiger partial charge in [0.2, 0.25) is 0 Å². The summed E-state index contributed by atoms with van der Waals surface area (Å²) in [6, 6.07) is 14.0. The number of thioether (sulfide) groups is 1. The lowest BCUT2D eigenvalue weighted by molar-refractivity contribution is -0.139. The number of carbonyl (C=O) groups excluding carboxylic acids is 1. The number of carbonyl (C=O) groups is 1. The van der Waals surface area contributed by atoms with Crippen molar-refractivity contribution in [3.8, 4) is 17.1 Å². The molecule has 8 heteroatoms. The van der Waals surface area contributed by atoms with E-state index in [1.54, 1.807) is 19.1 Å². The fraction of sp³-hybridized carbons (Fsp3) is 0.150. The first-order chi connectivity index (χ1) is 13.6. The molecule has 0 spiro atoms. The lowest BCUT2D eigenvalue weighted by Gasteiger charge is -2.12. The number of esters is 1. The van der Waals surface area contributed by atoms with Crippen LogP contribution in [0.2, 0.25) is 0 Å². The molecule has 0 aliphatic rings. The van der Waals surface area contributed by atoms with Crippen LogP contribution in [-0.2, 0) is 9.53 Å². The Morgan fingerprint density at radius 2 is 1.93 bits per heavy atom. The topological polar surface area (TPSA) is 72.8 Å². The lowest BCUT2D eigenvalue weighted by atomic mass is 10.1. The van der Waals surface area contributed by atoms with Gasteiger partial charge in [-0.1, -0.05) is 30.0 Å². The minimum Gasteiger partial charge on any atom is -0.468 e. The van der Waals surface area contributed by atoms with Crippen molar-refractivity contribution in [1.82, 2.24) is 19.7 Å². The number of para-hydroxylation sites is 1. The molecule has 2 heterocycles. The van der Waals surface area contributed by atoms with Gasteiger partial charge in [-0.2, -0.15) is 0 Å². The molecule has 142 valence electrons. The predicted octanol–water partition coefficient (Wildman–Crippen LogP) is 4.21. The molecule has 4 aromatic rings. The number of nitrogens with zero attached hydrogens (tertiary/aromatic N) is 3. The first kappa shape index (κ1) is 18.2. The van der Waals surface area contributed by atoms with Crippen molar-refractivity contribution in [2.75, 3.05) is 7.11 Å². The predicted molar refractivity (Wildman–Crippen MR) is 106 cm³/mol. The maximum Gasteiger partial charge on any atom is 0.318 e. The summed E-state index contributed by atoms with van der Waals surface area (Å²) in [7, 11) is 1.35. The van der Waals surface area contributed by atoms with Crippen molar-refractivity contribution >= 4 is 28.6 Å². The Kier molecular flexibility index (Phi) is 4.87. The normalized spacial score (nSPS) is 12.2. The second-order valence-electron chi connectivity index (χ2n) is 6.15. The summed E-state index contributed by atoms with van der Waals surface area (Å²) in [5, 5.41) is 9.71. The van der Waals surface area contributed by atoms with Gasteiger partial charge in [-0.15, -0.1) is 10.2 Å². The van der Waals surface area contributed by atoms with Crippen molar-refractivity contribution in [3.05, 3.63) is 60.5 Å². The smallest absolute Gasteiger partial charge is 0.318 e. The number of ether oxygens (including phenoxy) is 1. The standard InChI is InChI=1S/C20H17FN4O2S/c1-12(19(26)27-2)28-20-24-23-18(25(20)14-9-7-13(21)8-10-14)16-11-22-17-6-4-3-5-15(16)17/h3-12,22H,1-2H3. The van der Waals surface area contributed by atoms with Gasteiger partial charge in [0.1, 0.15) is 11.1 Å². The van der Waals surface area contributed by atoms with Gasteiger partial charge in [0.25, 0.3) is 0 Å². The van der Waals surface area contributed by atoms with Gasteiger partial charge in [0.05, 0.1) is 7.11 Å². The number of hydrogen-bond donors (Lipinski definition) is 1. The summed E-state index contributed by atoms with van der Waals surface area (Å²) in [4.78, 5) is 15.1. The van der Waals surface area contributed by atoms with Crippen LogP contribution >= 0.6 is 11.8 Å². The van der Waals surface area contributed by atoms with Crippen LogP contribution < -0.4 is 0 Å². The molecule has 0 amide bonds. The first-order valence-electron chi connectivity index (χ1n) is 8.61. The zero-order valence-electron chi connectivity index (χ0n) is 15.2. The van der Waals surface area contributed by atoms with Gasteiger partial charge in [-0.25, -0.2) is 4.39 Å². The van der Waals surface area contributed by atoms with E-state index in [1.807, 2.05) is 35.0 Å². The average molecular weight is 396 g/mol. The fourth-order valence-corrected chi connectivity index (χ4v) is 3.87. The van der Waals surface area contributed by atoms with E-state index in [1.165, 1.54) is 31.0 Å². The van der Waals surface area contributed by atoms with E-state index in [4.69, 9.17) is 4.74 Å². The number of aromatic nitrogens is 4. The highest BCUT2D eigenvalue weighted by atomic mass is 32.2. The lowest BCUT2D eigenvalue weighted by Crippen LogP contribution is -2.15. The van der Waals surface area contributed by atoms with Gasteiger partial charge < -0.3 is 9.72 Å². The number of aromatic amines is 1. The van der Waals surface area contributed by atoms with E-state index in [0.29, 0.717) is 16.7 Å². The van der Waals surface area contributed by atoms with Gasteiger partial charge in [0.15, 0.2) is 11.0 Å². The first-order valence-corrected chi connectivity index (χ1v) is 9.49. The molecule has 0 saturated carbocycles. The molecule has 0 fully saturated rings. The SMILES string of the molecule is COC(=O)C(C)Sc1nnc(-c2c[nH]c3ccccc23)n1-c1ccc(F)cc1. The Hall–Kier alpha value is -3.13. The van der Waals surface area contributed by atoms with Gasteiger partial charge >= 0.3 is 5.97 Å². The van der Waals surface area contributed by atoms with Gasteiger partial charge in [0, 0.05) is 28.4 Å². The van der Waals surface area contributed by atoms with Crippen LogP contribution in [0.5, 0.6) is 0 Å².